The standard InChI is InChI=1S/C16H23N3O3S/c1-3-14(2)13-17-16(20)18-9-11-19(12-10-18)23(21,22)15-7-5-4-6-8-15/h4-8,13H,3,9-12H2,1-2H3,(H,17,20)/b14-13+. The average molecular weight is 337 g/mol. The topological polar surface area (TPSA) is 69.7 Å². The number of benzene rings is 1. The van der Waals surface area contributed by atoms with E-state index < -0.39 is 10.0 Å². The summed E-state index contributed by atoms with van der Waals surface area (Å²) in [6, 6.07) is 8.19. The summed E-state index contributed by atoms with van der Waals surface area (Å²) in [6.07, 6.45) is 2.58. The second-order valence-electron chi connectivity index (χ2n) is 5.50. The summed E-state index contributed by atoms with van der Waals surface area (Å²) >= 11 is 0. The van der Waals surface area contributed by atoms with Crippen molar-refractivity contribution in [2.45, 2.75) is 25.2 Å². The number of allylic oxidation sites excluding steroid dienone is 1. The minimum absolute atomic E-state index is 0.186. The van der Waals surface area contributed by atoms with E-state index in [-0.39, 0.29) is 6.03 Å². The third kappa shape index (κ3) is 4.33. The third-order valence-corrected chi connectivity index (χ3v) is 5.82. The molecule has 23 heavy (non-hydrogen) atoms. The maximum atomic E-state index is 12.5. The molecule has 0 aromatic heterocycles. The van der Waals surface area contributed by atoms with Crippen LogP contribution < -0.4 is 5.32 Å². The third-order valence-electron chi connectivity index (χ3n) is 3.91. The second-order valence-corrected chi connectivity index (χ2v) is 7.44. The molecule has 0 atom stereocenters. The number of carbonyl (C=O) groups is 1. The number of hydrogen-bond donors (Lipinski definition) is 1. The van der Waals surface area contributed by atoms with Crippen LogP contribution in [-0.2, 0) is 10.0 Å². The van der Waals surface area contributed by atoms with Gasteiger partial charge in [-0.25, -0.2) is 13.2 Å². The lowest BCUT2D eigenvalue weighted by molar-refractivity contribution is 0.175. The van der Waals surface area contributed by atoms with Crippen LogP contribution in [0.4, 0.5) is 4.79 Å². The molecular weight excluding hydrogens is 314 g/mol. The zero-order valence-corrected chi connectivity index (χ0v) is 14.3. The maximum absolute atomic E-state index is 12.5. The van der Waals surface area contributed by atoms with Crippen LogP contribution in [0.1, 0.15) is 20.3 Å². The highest BCUT2D eigenvalue weighted by molar-refractivity contribution is 7.89. The first-order valence-electron chi connectivity index (χ1n) is 7.71. The number of nitrogens with zero attached hydrogens (tertiary/aromatic N) is 2. The van der Waals surface area contributed by atoms with E-state index in [4.69, 9.17) is 0 Å². The van der Waals surface area contributed by atoms with Gasteiger partial charge in [-0.15, -0.1) is 0 Å². The SMILES string of the molecule is CC/C(C)=C/NC(=O)N1CCN(S(=O)(=O)c2ccccc2)CC1. The van der Waals surface area contributed by atoms with Gasteiger partial charge in [0.15, 0.2) is 0 Å². The molecule has 1 aliphatic heterocycles. The number of rotatable bonds is 4. The number of hydrogen-bond acceptors (Lipinski definition) is 3. The number of sulfonamides is 1. The molecule has 0 aliphatic carbocycles. The molecule has 0 bridgehead atoms. The van der Waals surface area contributed by atoms with Crippen molar-refractivity contribution in [3.63, 3.8) is 0 Å². The monoisotopic (exact) mass is 337 g/mol. The van der Waals surface area contributed by atoms with Gasteiger partial charge in [0.05, 0.1) is 4.90 Å². The minimum Gasteiger partial charge on any atom is -0.322 e. The molecule has 1 aromatic carbocycles. The van der Waals surface area contributed by atoms with E-state index >= 15 is 0 Å². The van der Waals surface area contributed by atoms with Crippen LogP contribution in [0.2, 0.25) is 0 Å². The van der Waals surface area contributed by atoms with E-state index in [0.29, 0.717) is 31.1 Å². The van der Waals surface area contributed by atoms with Gasteiger partial charge in [-0.05, 0) is 25.5 Å². The van der Waals surface area contributed by atoms with Crippen molar-refractivity contribution in [1.29, 1.82) is 0 Å². The van der Waals surface area contributed by atoms with Crippen LogP contribution in [0.3, 0.4) is 0 Å². The lowest BCUT2D eigenvalue weighted by Gasteiger charge is -2.33. The lowest BCUT2D eigenvalue weighted by atomic mass is 10.3. The Bertz CT molecular complexity index is 663. The van der Waals surface area contributed by atoms with Gasteiger partial charge in [-0.2, -0.15) is 4.31 Å². The van der Waals surface area contributed by atoms with Gasteiger partial charge in [0.1, 0.15) is 0 Å². The first-order chi connectivity index (χ1) is 10.9. The highest BCUT2D eigenvalue weighted by Crippen LogP contribution is 2.17. The predicted octanol–water partition coefficient (Wildman–Crippen LogP) is 2.02. The van der Waals surface area contributed by atoms with Crippen LogP contribution in [0.5, 0.6) is 0 Å². The van der Waals surface area contributed by atoms with Crippen LogP contribution in [0.15, 0.2) is 47.0 Å². The zero-order valence-electron chi connectivity index (χ0n) is 13.5. The number of amides is 2. The van der Waals surface area contributed by atoms with Crippen molar-refractivity contribution in [2.75, 3.05) is 26.2 Å². The van der Waals surface area contributed by atoms with E-state index in [2.05, 4.69) is 5.32 Å². The van der Waals surface area contributed by atoms with Gasteiger partial charge in [-0.1, -0.05) is 30.7 Å². The van der Waals surface area contributed by atoms with E-state index in [1.807, 2.05) is 13.8 Å². The first-order valence-corrected chi connectivity index (χ1v) is 9.15. The van der Waals surface area contributed by atoms with Crippen LogP contribution in [-0.4, -0.2) is 49.8 Å². The van der Waals surface area contributed by atoms with Crippen molar-refractivity contribution < 1.29 is 13.2 Å². The Balaban J connectivity index is 1.95. The Morgan fingerprint density at radius 1 is 1.17 bits per heavy atom. The molecule has 1 saturated heterocycles. The summed E-state index contributed by atoms with van der Waals surface area (Å²) in [4.78, 5) is 14.0. The average Bonchev–Trinajstić information content (AvgIpc) is 2.60. The summed E-state index contributed by atoms with van der Waals surface area (Å²) < 4.78 is 26.5. The van der Waals surface area contributed by atoms with Gasteiger partial charge >= 0.3 is 6.03 Å². The number of nitrogens with one attached hydrogen (secondary N) is 1. The molecule has 1 N–H and O–H groups in total. The molecule has 2 rings (SSSR count). The van der Waals surface area contributed by atoms with Crippen molar-refractivity contribution in [3.05, 3.63) is 42.1 Å². The zero-order chi connectivity index (χ0) is 16.9. The highest BCUT2D eigenvalue weighted by Gasteiger charge is 2.29. The predicted molar refractivity (Wildman–Crippen MR) is 89.4 cm³/mol. The summed E-state index contributed by atoms with van der Waals surface area (Å²) in [5, 5.41) is 2.75. The highest BCUT2D eigenvalue weighted by atomic mass is 32.2. The summed E-state index contributed by atoms with van der Waals surface area (Å²) in [5.74, 6) is 0. The fraction of sp³-hybridized carbons (Fsp3) is 0.438. The van der Waals surface area contributed by atoms with Crippen molar-refractivity contribution in [3.8, 4) is 0 Å². The van der Waals surface area contributed by atoms with Crippen molar-refractivity contribution in [1.82, 2.24) is 14.5 Å². The Kier molecular flexibility index (Phi) is 5.79. The van der Waals surface area contributed by atoms with Crippen LogP contribution in [0, 0.1) is 0 Å². The maximum Gasteiger partial charge on any atom is 0.321 e. The molecule has 0 saturated carbocycles. The number of urea groups is 1. The first kappa shape index (κ1) is 17.5. The van der Waals surface area contributed by atoms with Crippen molar-refractivity contribution in [2.24, 2.45) is 0 Å². The largest absolute Gasteiger partial charge is 0.322 e. The van der Waals surface area contributed by atoms with Gasteiger partial charge in [0.25, 0.3) is 0 Å². The number of piperazine rings is 1. The molecule has 7 heteroatoms. The van der Waals surface area contributed by atoms with Crippen molar-refractivity contribution >= 4 is 16.1 Å². The Labute approximate surface area is 137 Å². The van der Waals surface area contributed by atoms with Gasteiger partial charge in [0.2, 0.25) is 10.0 Å². The molecule has 1 aromatic rings. The van der Waals surface area contributed by atoms with Gasteiger partial charge in [-0.3, -0.25) is 0 Å². The normalized spacial score (nSPS) is 17.1. The molecule has 0 spiro atoms. The van der Waals surface area contributed by atoms with E-state index in [0.717, 1.165) is 12.0 Å². The smallest absolute Gasteiger partial charge is 0.321 e. The quantitative estimate of drug-likeness (QED) is 0.914. The number of carbonyl (C=O) groups excluding carboxylic acids is 1. The fourth-order valence-corrected chi connectivity index (χ4v) is 3.69. The Morgan fingerprint density at radius 2 is 1.78 bits per heavy atom. The molecule has 0 radical (unpaired) electrons. The molecule has 6 nitrogen and oxygen atoms in total. The van der Waals surface area contributed by atoms with E-state index in [9.17, 15) is 13.2 Å². The van der Waals surface area contributed by atoms with Crippen LogP contribution in [0.25, 0.3) is 0 Å². The van der Waals surface area contributed by atoms with Crippen LogP contribution >= 0.6 is 0 Å². The summed E-state index contributed by atoms with van der Waals surface area (Å²) in [7, 11) is -3.48. The molecular formula is C16H23N3O3S. The van der Waals surface area contributed by atoms with Gasteiger partial charge in [0, 0.05) is 32.4 Å². The molecule has 1 heterocycles. The Hall–Kier alpha value is -1.86. The molecule has 1 aliphatic rings. The second kappa shape index (κ2) is 7.61. The van der Waals surface area contributed by atoms with E-state index in [1.165, 1.54) is 4.31 Å². The molecule has 2 amide bonds. The molecule has 126 valence electrons. The van der Waals surface area contributed by atoms with E-state index in [1.54, 1.807) is 41.4 Å². The Morgan fingerprint density at radius 3 is 2.35 bits per heavy atom. The van der Waals surface area contributed by atoms with Gasteiger partial charge < -0.3 is 10.2 Å². The molecule has 0 unspecified atom stereocenters. The fourth-order valence-electron chi connectivity index (χ4n) is 2.25. The minimum atomic E-state index is -3.48. The lowest BCUT2D eigenvalue weighted by Crippen LogP contribution is -2.52. The summed E-state index contributed by atoms with van der Waals surface area (Å²) in [6.45, 7) is 5.35. The molecule has 1 fully saturated rings. The summed E-state index contributed by atoms with van der Waals surface area (Å²) in [5.41, 5.74) is 1.09.